The molecule has 22 heavy (non-hydrogen) atoms. The Morgan fingerprint density at radius 2 is 2.00 bits per heavy atom. The van der Waals surface area contributed by atoms with Crippen LogP contribution in [0.15, 0.2) is 22.5 Å². The molecule has 0 saturated heterocycles. The number of hydrogen-bond donors (Lipinski definition) is 0. The number of ketones is 1. The van der Waals surface area contributed by atoms with E-state index in [1.807, 2.05) is 0 Å². The first-order valence-electron chi connectivity index (χ1n) is 8.13. The zero-order chi connectivity index (χ0) is 15.9. The third kappa shape index (κ3) is 2.71. The van der Waals surface area contributed by atoms with E-state index in [4.69, 9.17) is 9.47 Å². The minimum Gasteiger partial charge on any atom is -0.490 e. The molecule has 0 spiro atoms. The lowest BCUT2D eigenvalue weighted by Crippen LogP contribution is -2.32. The predicted molar refractivity (Wildman–Crippen MR) is 82.0 cm³/mol. The SMILES string of the molecule is COC(=O)C1=C(C2CCC3=C(CC(C)(C)CC3=O)O2)CCC1. The molecule has 0 bridgehead atoms. The van der Waals surface area contributed by atoms with E-state index in [9.17, 15) is 9.59 Å². The summed E-state index contributed by atoms with van der Waals surface area (Å²) >= 11 is 0. The van der Waals surface area contributed by atoms with Crippen molar-refractivity contribution in [2.45, 2.75) is 64.9 Å². The number of methoxy groups -OCH3 is 1. The molecule has 0 saturated carbocycles. The molecular weight excluding hydrogens is 280 g/mol. The smallest absolute Gasteiger partial charge is 0.333 e. The van der Waals surface area contributed by atoms with E-state index >= 15 is 0 Å². The molecule has 2 aliphatic carbocycles. The maximum atomic E-state index is 12.3. The highest BCUT2D eigenvalue weighted by Gasteiger charge is 2.39. The maximum absolute atomic E-state index is 12.3. The Balaban J connectivity index is 1.85. The van der Waals surface area contributed by atoms with Crippen molar-refractivity contribution in [1.29, 1.82) is 0 Å². The fourth-order valence-corrected chi connectivity index (χ4v) is 3.92. The van der Waals surface area contributed by atoms with E-state index in [-0.39, 0.29) is 23.3 Å². The van der Waals surface area contributed by atoms with Crippen LogP contribution in [-0.2, 0) is 19.1 Å². The summed E-state index contributed by atoms with van der Waals surface area (Å²) in [6.45, 7) is 4.22. The van der Waals surface area contributed by atoms with Gasteiger partial charge in [-0.15, -0.1) is 0 Å². The second kappa shape index (κ2) is 5.56. The van der Waals surface area contributed by atoms with Crippen LogP contribution in [0.2, 0.25) is 0 Å². The van der Waals surface area contributed by atoms with Gasteiger partial charge in [-0.2, -0.15) is 0 Å². The van der Waals surface area contributed by atoms with Crippen LogP contribution in [0.5, 0.6) is 0 Å². The number of Topliss-reactive ketones (excluding diaryl/α,β-unsaturated/α-hetero) is 1. The molecule has 0 aromatic carbocycles. The van der Waals surface area contributed by atoms with E-state index in [0.717, 1.165) is 61.0 Å². The molecule has 120 valence electrons. The van der Waals surface area contributed by atoms with Crippen LogP contribution in [0.25, 0.3) is 0 Å². The van der Waals surface area contributed by atoms with Gasteiger partial charge in [0.2, 0.25) is 0 Å². The highest BCUT2D eigenvalue weighted by molar-refractivity contribution is 5.97. The number of carbonyl (C=O) groups is 2. The molecule has 3 rings (SSSR count). The highest BCUT2D eigenvalue weighted by Crippen LogP contribution is 2.44. The molecule has 4 heteroatoms. The fourth-order valence-electron chi connectivity index (χ4n) is 3.92. The summed E-state index contributed by atoms with van der Waals surface area (Å²) in [5.74, 6) is 0.871. The number of ether oxygens (including phenoxy) is 2. The number of esters is 1. The quantitative estimate of drug-likeness (QED) is 0.733. The van der Waals surface area contributed by atoms with Gasteiger partial charge in [-0.1, -0.05) is 13.8 Å². The maximum Gasteiger partial charge on any atom is 0.333 e. The van der Waals surface area contributed by atoms with Gasteiger partial charge < -0.3 is 9.47 Å². The van der Waals surface area contributed by atoms with Crippen LogP contribution in [-0.4, -0.2) is 25.0 Å². The molecule has 0 aromatic heterocycles. The summed E-state index contributed by atoms with van der Waals surface area (Å²) < 4.78 is 11.1. The van der Waals surface area contributed by atoms with Crippen LogP contribution in [0, 0.1) is 5.41 Å². The van der Waals surface area contributed by atoms with E-state index in [1.165, 1.54) is 7.11 Å². The molecular formula is C18H24O4. The van der Waals surface area contributed by atoms with Crippen LogP contribution < -0.4 is 0 Å². The van der Waals surface area contributed by atoms with Gasteiger partial charge in [-0.05, 0) is 43.1 Å². The summed E-state index contributed by atoms with van der Waals surface area (Å²) in [4.78, 5) is 24.2. The third-order valence-electron chi connectivity index (χ3n) is 4.97. The Bertz CT molecular complexity index is 580. The fraction of sp³-hybridized carbons (Fsp3) is 0.667. The predicted octanol–water partition coefficient (Wildman–Crippen LogP) is 3.46. The van der Waals surface area contributed by atoms with Gasteiger partial charge >= 0.3 is 5.97 Å². The topological polar surface area (TPSA) is 52.6 Å². The van der Waals surface area contributed by atoms with Gasteiger partial charge in [0, 0.05) is 24.0 Å². The Morgan fingerprint density at radius 3 is 2.73 bits per heavy atom. The van der Waals surface area contributed by atoms with Gasteiger partial charge in [0.25, 0.3) is 0 Å². The summed E-state index contributed by atoms with van der Waals surface area (Å²) in [5.41, 5.74) is 2.73. The molecule has 0 aromatic rings. The van der Waals surface area contributed by atoms with Gasteiger partial charge in [0.05, 0.1) is 7.11 Å². The van der Waals surface area contributed by atoms with Crippen molar-refractivity contribution in [1.82, 2.24) is 0 Å². The van der Waals surface area contributed by atoms with E-state index in [1.54, 1.807) is 0 Å². The van der Waals surface area contributed by atoms with Crippen molar-refractivity contribution in [2.75, 3.05) is 7.11 Å². The number of carbonyl (C=O) groups excluding carboxylic acids is 2. The Hall–Kier alpha value is -1.58. The minimum atomic E-state index is -0.226. The molecule has 1 aliphatic heterocycles. The van der Waals surface area contributed by atoms with E-state index in [2.05, 4.69) is 13.8 Å². The average Bonchev–Trinajstić information content (AvgIpc) is 2.93. The zero-order valence-electron chi connectivity index (χ0n) is 13.7. The van der Waals surface area contributed by atoms with Gasteiger partial charge in [0.15, 0.2) is 5.78 Å². The monoisotopic (exact) mass is 304 g/mol. The first-order valence-corrected chi connectivity index (χ1v) is 8.13. The van der Waals surface area contributed by atoms with Crippen LogP contribution in [0.1, 0.15) is 58.8 Å². The van der Waals surface area contributed by atoms with Crippen molar-refractivity contribution in [2.24, 2.45) is 5.41 Å². The summed E-state index contributed by atoms with van der Waals surface area (Å²) in [5, 5.41) is 0. The molecule has 1 unspecified atom stereocenters. The second-order valence-corrected chi connectivity index (χ2v) is 7.34. The molecule has 0 fully saturated rings. The summed E-state index contributed by atoms with van der Waals surface area (Å²) in [6, 6.07) is 0. The van der Waals surface area contributed by atoms with Crippen molar-refractivity contribution < 1.29 is 19.1 Å². The molecule has 0 N–H and O–H groups in total. The summed E-state index contributed by atoms with van der Waals surface area (Å²) in [6.07, 6.45) is 5.58. The molecule has 4 nitrogen and oxygen atoms in total. The molecule has 0 amide bonds. The van der Waals surface area contributed by atoms with Crippen LogP contribution >= 0.6 is 0 Å². The van der Waals surface area contributed by atoms with Gasteiger partial charge in [0.1, 0.15) is 11.9 Å². The average molecular weight is 304 g/mol. The number of rotatable bonds is 2. The van der Waals surface area contributed by atoms with E-state index in [0.29, 0.717) is 6.42 Å². The molecule has 1 heterocycles. The standard InChI is InChI=1S/C18H24O4/c1-18(2)9-14(19)13-7-8-15(22-16(13)10-18)11-5-4-6-12(11)17(20)21-3/h15H,4-10H2,1-3H3. The largest absolute Gasteiger partial charge is 0.490 e. The highest BCUT2D eigenvalue weighted by atomic mass is 16.5. The lowest BCUT2D eigenvalue weighted by Gasteiger charge is -2.37. The van der Waals surface area contributed by atoms with Crippen LogP contribution in [0.4, 0.5) is 0 Å². The number of allylic oxidation sites excluding steroid dienone is 2. The Morgan fingerprint density at radius 1 is 1.23 bits per heavy atom. The molecule has 3 aliphatic rings. The zero-order valence-corrected chi connectivity index (χ0v) is 13.7. The Labute approximate surface area is 131 Å². The molecule has 0 radical (unpaired) electrons. The van der Waals surface area contributed by atoms with Gasteiger partial charge in [-0.3, -0.25) is 4.79 Å². The second-order valence-electron chi connectivity index (χ2n) is 7.34. The van der Waals surface area contributed by atoms with Gasteiger partial charge in [-0.25, -0.2) is 4.79 Å². The summed E-state index contributed by atoms with van der Waals surface area (Å²) in [7, 11) is 1.43. The van der Waals surface area contributed by atoms with Crippen molar-refractivity contribution in [3.8, 4) is 0 Å². The normalized spacial score (nSPS) is 27.6. The van der Waals surface area contributed by atoms with Crippen molar-refractivity contribution in [3.05, 3.63) is 22.5 Å². The van der Waals surface area contributed by atoms with Crippen LogP contribution in [0.3, 0.4) is 0 Å². The van der Waals surface area contributed by atoms with Crippen molar-refractivity contribution >= 4 is 11.8 Å². The molecule has 1 atom stereocenters. The first kappa shape index (κ1) is 15.3. The van der Waals surface area contributed by atoms with Crippen molar-refractivity contribution in [3.63, 3.8) is 0 Å². The Kier molecular flexibility index (Phi) is 3.87. The lowest BCUT2D eigenvalue weighted by atomic mass is 9.74. The number of hydrogen-bond acceptors (Lipinski definition) is 4. The third-order valence-corrected chi connectivity index (χ3v) is 4.97. The lowest BCUT2D eigenvalue weighted by molar-refractivity contribution is -0.136. The minimum absolute atomic E-state index is 0.0347. The first-order chi connectivity index (χ1) is 10.4. The van der Waals surface area contributed by atoms with E-state index < -0.39 is 0 Å².